The summed E-state index contributed by atoms with van der Waals surface area (Å²) < 4.78 is 20.8. The van der Waals surface area contributed by atoms with Crippen molar-refractivity contribution in [1.29, 1.82) is 0 Å². The summed E-state index contributed by atoms with van der Waals surface area (Å²) in [5.41, 5.74) is 1.02. The van der Waals surface area contributed by atoms with Crippen LogP contribution in [-0.2, 0) is 16.1 Å². The van der Waals surface area contributed by atoms with Crippen molar-refractivity contribution in [2.24, 2.45) is 0 Å². The van der Waals surface area contributed by atoms with Gasteiger partial charge in [0, 0.05) is 6.54 Å². The van der Waals surface area contributed by atoms with Gasteiger partial charge in [0.25, 0.3) is 0 Å². The Bertz CT molecular complexity index is 422. The normalized spacial score (nSPS) is 10.0. The lowest BCUT2D eigenvalue weighted by Crippen LogP contribution is -2.10. The first-order chi connectivity index (χ1) is 9.65. The molecule has 0 saturated heterocycles. The van der Waals surface area contributed by atoms with E-state index in [1.165, 1.54) is 7.11 Å². The third-order valence-corrected chi connectivity index (χ3v) is 2.68. The molecule has 112 valence electrons. The lowest BCUT2D eigenvalue weighted by Gasteiger charge is -2.15. The third-order valence-electron chi connectivity index (χ3n) is 2.68. The van der Waals surface area contributed by atoms with Gasteiger partial charge in [0.1, 0.15) is 0 Å². The Morgan fingerprint density at radius 3 is 2.20 bits per heavy atom. The van der Waals surface area contributed by atoms with Crippen molar-refractivity contribution in [2.45, 2.75) is 13.0 Å². The summed E-state index contributed by atoms with van der Waals surface area (Å²) in [5, 5.41) is 3.06. The number of nitrogens with one attached hydrogen (secondary N) is 1. The van der Waals surface area contributed by atoms with Crippen molar-refractivity contribution < 1.29 is 23.7 Å². The largest absolute Gasteiger partial charge is 0.493 e. The van der Waals surface area contributed by atoms with Crippen LogP contribution in [0.3, 0.4) is 0 Å². The first-order valence-electron chi connectivity index (χ1n) is 6.25. The van der Waals surface area contributed by atoms with E-state index in [1.54, 1.807) is 14.2 Å². The van der Waals surface area contributed by atoms with Gasteiger partial charge in [-0.25, -0.2) is 0 Å². The van der Waals surface area contributed by atoms with Crippen LogP contribution in [0.5, 0.6) is 17.2 Å². The molecule has 0 heterocycles. The number of carbonyl (C=O) groups is 1. The molecule has 0 saturated carbocycles. The first-order valence-corrected chi connectivity index (χ1v) is 6.25. The Morgan fingerprint density at radius 1 is 1.15 bits per heavy atom. The molecular weight excluding hydrogens is 262 g/mol. The van der Waals surface area contributed by atoms with Crippen LogP contribution < -0.4 is 19.5 Å². The number of esters is 1. The Morgan fingerprint density at radius 2 is 1.75 bits per heavy atom. The number of hydrogen-bond donors (Lipinski definition) is 1. The fourth-order valence-electron chi connectivity index (χ4n) is 1.72. The molecule has 6 heteroatoms. The number of methoxy groups -OCH3 is 3. The van der Waals surface area contributed by atoms with Crippen LogP contribution in [-0.4, -0.2) is 41.0 Å². The van der Waals surface area contributed by atoms with Gasteiger partial charge in [-0.15, -0.1) is 0 Å². The summed E-state index contributed by atoms with van der Waals surface area (Å²) in [5.74, 6) is 1.30. The highest BCUT2D eigenvalue weighted by Crippen LogP contribution is 2.38. The van der Waals surface area contributed by atoms with Gasteiger partial charge in [-0.1, -0.05) is 0 Å². The van der Waals surface area contributed by atoms with E-state index >= 15 is 0 Å². The van der Waals surface area contributed by atoms with E-state index in [2.05, 4.69) is 10.1 Å². The van der Waals surface area contributed by atoms with E-state index in [9.17, 15) is 4.79 Å². The van der Waals surface area contributed by atoms with Crippen LogP contribution in [0.4, 0.5) is 0 Å². The minimum atomic E-state index is -0.324. The molecule has 1 rings (SSSR count). The molecule has 1 aromatic carbocycles. The zero-order valence-electron chi connectivity index (χ0n) is 12.3. The average Bonchev–Trinajstić information content (AvgIpc) is 2.47. The molecule has 0 unspecified atom stereocenters. The van der Waals surface area contributed by atoms with Crippen LogP contribution in [0.15, 0.2) is 12.1 Å². The van der Waals surface area contributed by atoms with E-state index in [0.29, 0.717) is 23.8 Å². The third kappa shape index (κ3) is 4.31. The summed E-state index contributed by atoms with van der Waals surface area (Å²) in [4.78, 5) is 11.1. The van der Waals surface area contributed by atoms with Crippen molar-refractivity contribution in [2.75, 3.05) is 35.0 Å². The minimum Gasteiger partial charge on any atom is -0.493 e. The fraction of sp³-hybridized carbons (Fsp3) is 0.500. The van der Waals surface area contributed by atoms with Crippen molar-refractivity contribution >= 4 is 5.97 Å². The summed E-state index contributed by atoms with van der Waals surface area (Å²) in [6, 6.07) is 3.74. The maximum atomic E-state index is 11.1. The predicted octanol–water partition coefficient (Wildman–Crippen LogP) is 1.37. The van der Waals surface area contributed by atoms with Gasteiger partial charge in [0.15, 0.2) is 11.5 Å². The highest BCUT2D eigenvalue weighted by Gasteiger charge is 2.14. The Balaban J connectivity index is 2.89. The van der Waals surface area contributed by atoms with Crippen LogP contribution in [0, 0.1) is 0 Å². The Kier molecular flexibility index (Phi) is 6.66. The van der Waals surface area contributed by atoms with Crippen LogP contribution in [0.25, 0.3) is 0 Å². The zero-order chi connectivity index (χ0) is 15.0. The molecule has 6 nitrogen and oxygen atoms in total. The Labute approximate surface area is 119 Å². The van der Waals surface area contributed by atoms with E-state index in [1.807, 2.05) is 19.2 Å². The van der Waals surface area contributed by atoms with Crippen LogP contribution in [0.1, 0.15) is 12.0 Å². The van der Waals surface area contributed by atoms with E-state index in [-0.39, 0.29) is 19.0 Å². The van der Waals surface area contributed by atoms with Crippen molar-refractivity contribution in [3.8, 4) is 17.2 Å². The molecule has 0 aliphatic rings. The lowest BCUT2D eigenvalue weighted by molar-refractivity contribution is -0.141. The van der Waals surface area contributed by atoms with Crippen LogP contribution in [0.2, 0.25) is 0 Å². The second kappa shape index (κ2) is 8.27. The summed E-state index contributed by atoms with van der Waals surface area (Å²) in [6.45, 7) is 0.889. The fourth-order valence-corrected chi connectivity index (χ4v) is 1.72. The molecule has 0 spiro atoms. The molecule has 0 bridgehead atoms. The van der Waals surface area contributed by atoms with Gasteiger partial charge in [-0.05, 0) is 24.7 Å². The van der Waals surface area contributed by atoms with Gasteiger partial charge in [-0.2, -0.15) is 0 Å². The standard InChI is InChI=1S/C14H21NO5/c1-15-9-10-7-11(17-2)14(12(8-10)18-3)20-6-5-13(16)19-4/h7-8,15H,5-6,9H2,1-4H3. The number of benzene rings is 1. The van der Waals surface area contributed by atoms with Crippen molar-refractivity contribution in [3.05, 3.63) is 17.7 Å². The number of rotatable bonds is 8. The SMILES string of the molecule is CNCc1cc(OC)c(OCCC(=O)OC)c(OC)c1. The molecule has 0 aliphatic carbocycles. The van der Waals surface area contributed by atoms with E-state index < -0.39 is 0 Å². The van der Waals surface area contributed by atoms with E-state index in [4.69, 9.17) is 14.2 Å². The van der Waals surface area contributed by atoms with Gasteiger partial charge < -0.3 is 24.3 Å². The summed E-state index contributed by atoms with van der Waals surface area (Å²) in [6.07, 6.45) is 0.168. The minimum absolute atomic E-state index is 0.168. The van der Waals surface area contributed by atoms with Gasteiger partial charge in [0.2, 0.25) is 5.75 Å². The van der Waals surface area contributed by atoms with Crippen molar-refractivity contribution in [3.63, 3.8) is 0 Å². The molecule has 0 amide bonds. The average molecular weight is 283 g/mol. The van der Waals surface area contributed by atoms with Gasteiger partial charge in [-0.3, -0.25) is 4.79 Å². The number of carbonyl (C=O) groups excluding carboxylic acids is 1. The highest BCUT2D eigenvalue weighted by molar-refractivity contribution is 5.69. The molecule has 0 atom stereocenters. The second-order valence-electron chi connectivity index (χ2n) is 4.03. The molecule has 0 radical (unpaired) electrons. The molecular formula is C14H21NO5. The zero-order valence-corrected chi connectivity index (χ0v) is 12.3. The maximum Gasteiger partial charge on any atom is 0.308 e. The maximum absolute atomic E-state index is 11.1. The lowest BCUT2D eigenvalue weighted by atomic mass is 10.2. The first kappa shape index (κ1) is 16.1. The van der Waals surface area contributed by atoms with E-state index in [0.717, 1.165) is 5.56 Å². The molecule has 0 aromatic heterocycles. The number of hydrogen-bond acceptors (Lipinski definition) is 6. The highest BCUT2D eigenvalue weighted by atomic mass is 16.5. The Hall–Kier alpha value is -1.95. The predicted molar refractivity (Wildman–Crippen MR) is 74.4 cm³/mol. The van der Waals surface area contributed by atoms with Gasteiger partial charge >= 0.3 is 5.97 Å². The molecule has 1 aromatic rings. The number of ether oxygens (including phenoxy) is 4. The summed E-state index contributed by atoms with van der Waals surface area (Å²) >= 11 is 0. The summed E-state index contributed by atoms with van der Waals surface area (Å²) in [7, 11) is 6.33. The molecule has 0 fully saturated rings. The topological polar surface area (TPSA) is 66.0 Å². The smallest absolute Gasteiger partial charge is 0.308 e. The van der Waals surface area contributed by atoms with Crippen LogP contribution >= 0.6 is 0 Å². The molecule has 20 heavy (non-hydrogen) atoms. The quantitative estimate of drug-likeness (QED) is 0.727. The molecule has 1 N–H and O–H groups in total. The second-order valence-corrected chi connectivity index (χ2v) is 4.03. The van der Waals surface area contributed by atoms with Gasteiger partial charge in [0.05, 0.1) is 34.4 Å². The molecule has 0 aliphatic heterocycles. The van der Waals surface area contributed by atoms with Crippen molar-refractivity contribution in [1.82, 2.24) is 5.32 Å². The monoisotopic (exact) mass is 283 g/mol.